The minimum atomic E-state index is -0.421. The molecular formula is C20H26N2O4. The second-order valence-corrected chi connectivity index (χ2v) is 6.05. The van der Waals surface area contributed by atoms with Gasteiger partial charge in [-0.25, -0.2) is 4.79 Å². The van der Waals surface area contributed by atoms with Gasteiger partial charge in [-0.2, -0.15) is 0 Å². The van der Waals surface area contributed by atoms with Crippen LogP contribution in [0.2, 0.25) is 0 Å². The first-order valence-electron chi connectivity index (χ1n) is 8.78. The summed E-state index contributed by atoms with van der Waals surface area (Å²) in [5, 5.41) is 2.96. The van der Waals surface area contributed by atoms with Crippen molar-refractivity contribution in [1.82, 2.24) is 10.3 Å². The minimum Gasteiger partial charge on any atom is -0.494 e. The Hall–Kier alpha value is -2.76. The zero-order valence-corrected chi connectivity index (χ0v) is 15.9. The highest BCUT2D eigenvalue weighted by Crippen LogP contribution is 2.22. The van der Waals surface area contributed by atoms with Crippen LogP contribution in [0.1, 0.15) is 64.5 Å². The molecule has 0 spiro atoms. The molecule has 1 heterocycles. The molecule has 0 aliphatic heterocycles. The van der Waals surface area contributed by atoms with E-state index in [2.05, 4.69) is 10.3 Å². The van der Waals surface area contributed by atoms with Crippen LogP contribution in [0.4, 0.5) is 0 Å². The number of nitrogens with one attached hydrogen (secondary N) is 2. The molecule has 0 radical (unpaired) electrons. The highest BCUT2D eigenvalue weighted by atomic mass is 16.5. The Morgan fingerprint density at radius 3 is 2.58 bits per heavy atom. The third kappa shape index (κ3) is 4.25. The molecule has 6 heteroatoms. The van der Waals surface area contributed by atoms with Crippen molar-refractivity contribution in [3.05, 3.63) is 52.3 Å². The van der Waals surface area contributed by atoms with Crippen LogP contribution in [0.25, 0.3) is 0 Å². The van der Waals surface area contributed by atoms with Gasteiger partial charge in [0, 0.05) is 5.69 Å². The molecule has 2 N–H and O–H groups in total. The molecule has 0 aliphatic rings. The Kier molecular flexibility index (Phi) is 6.44. The summed E-state index contributed by atoms with van der Waals surface area (Å²) in [6.45, 7) is 9.95. The molecule has 1 aromatic carbocycles. The zero-order chi connectivity index (χ0) is 19.3. The molecule has 0 bridgehead atoms. The van der Waals surface area contributed by atoms with E-state index in [1.807, 2.05) is 38.1 Å². The van der Waals surface area contributed by atoms with Gasteiger partial charge in [0.2, 0.25) is 0 Å². The van der Waals surface area contributed by atoms with Gasteiger partial charge in [-0.1, -0.05) is 12.1 Å². The van der Waals surface area contributed by atoms with Crippen molar-refractivity contribution in [2.75, 3.05) is 13.2 Å². The smallest absolute Gasteiger partial charge is 0.340 e. The number of amides is 1. The average molecular weight is 358 g/mol. The predicted molar refractivity (Wildman–Crippen MR) is 99.7 cm³/mol. The van der Waals surface area contributed by atoms with Gasteiger partial charge in [0.05, 0.1) is 24.8 Å². The maximum Gasteiger partial charge on any atom is 0.340 e. The summed E-state index contributed by atoms with van der Waals surface area (Å²) in [4.78, 5) is 27.8. The van der Waals surface area contributed by atoms with Crippen LogP contribution in [-0.2, 0) is 4.74 Å². The summed E-state index contributed by atoms with van der Waals surface area (Å²) in [5.41, 5.74) is 2.95. The third-order valence-electron chi connectivity index (χ3n) is 4.16. The molecule has 2 rings (SSSR count). The number of rotatable bonds is 7. The number of benzene rings is 1. The first-order valence-corrected chi connectivity index (χ1v) is 8.78. The van der Waals surface area contributed by atoms with E-state index in [4.69, 9.17) is 9.47 Å². The fraction of sp³-hybridized carbons (Fsp3) is 0.400. The second-order valence-electron chi connectivity index (χ2n) is 6.05. The van der Waals surface area contributed by atoms with Crippen LogP contribution in [0.15, 0.2) is 24.3 Å². The molecule has 0 aliphatic carbocycles. The van der Waals surface area contributed by atoms with Crippen molar-refractivity contribution >= 4 is 11.9 Å². The van der Waals surface area contributed by atoms with Crippen LogP contribution in [0.5, 0.6) is 5.75 Å². The van der Waals surface area contributed by atoms with Crippen LogP contribution < -0.4 is 10.1 Å². The van der Waals surface area contributed by atoms with Crippen LogP contribution in [0.3, 0.4) is 0 Å². The molecule has 0 saturated heterocycles. The molecule has 1 amide bonds. The molecule has 26 heavy (non-hydrogen) atoms. The van der Waals surface area contributed by atoms with Crippen LogP contribution in [0, 0.1) is 13.8 Å². The number of aromatic amines is 1. The lowest BCUT2D eigenvalue weighted by atomic mass is 10.1. The third-order valence-corrected chi connectivity index (χ3v) is 4.16. The van der Waals surface area contributed by atoms with Gasteiger partial charge < -0.3 is 19.8 Å². The van der Waals surface area contributed by atoms with E-state index in [9.17, 15) is 9.59 Å². The number of hydrogen-bond donors (Lipinski definition) is 2. The Balaban J connectivity index is 2.18. The quantitative estimate of drug-likeness (QED) is 0.740. The Labute approximate surface area is 153 Å². The molecule has 0 saturated carbocycles. The summed E-state index contributed by atoms with van der Waals surface area (Å²) in [7, 11) is 0. The molecule has 2 aromatic rings. The minimum absolute atomic E-state index is 0.211. The first kappa shape index (κ1) is 19.6. The lowest BCUT2D eigenvalue weighted by Gasteiger charge is -2.15. The van der Waals surface area contributed by atoms with Gasteiger partial charge in [0.25, 0.3) is 5.91 Å². The second kappa shape index (κ2) is 8.56. The Bertz CT molecular complexity index is 795. The average Bonchev–Trinajstić information content (AvgIpc) is 2.90. The highest BCUT2D eigenvalue weighted by Gasteiger charge is 2.23. The zero-order valence-electron chi connectivity index (χ0n) is 15.9. The fourth-order valence-electron chi connectivity index (χ4n) is 2.88. The van der Waals surface area contributed by atoms with E-state index in [0.717, 1.165) is 11.3 Å². The lowest BCUT2D eigenvalue weighted by Crippen LogP contribution is -2.27. The Morgan fingerprint density at radius 2 is 1.92 bits per heavy atom. The largest absolute Gasteiger partial charge is 0.494 e. The maximum absolute atomic E-state index is 12.7. The van der Waals surface area contributed by atoms with Crippen LogP contribution in [-0.4, -0.2) is 30.1 Å². The van der Waals surface area contributed by atoms with Gasteiger partial charge >= 0.3 is 5.97 Å². The number of carbonyl (C=O) groups is 2. The van der Waals surface area contributed by atoms with Gasteiger partial charge in [-0.15, -0.1) is 0 Å². The molecule has 140 valence electrons. The van der Waals surface area contributed by atoms with Crippen molar-refractivity contribution < 1.29 is 19.1 Å². The van der Waals surface area contributed by atoms with Crippen molar-refractivity contribution in [1.29, 1.82) is 0 Å². The summed E-state index contributed by atoms with van der Waals surface area (Å²) >= 11 is 0. The lowest BCUT2D eigenvalue weighted by molar-refractivity contribution is 0.0525. The van der Waals surface area contributed by atoms with E-state index < -0.39 is 5.97 Å². The topological polar surface area (TPSA) is 80.4 Å². The first-order chi connectivity index (χ1) is 12.4. The van der Waals surface area contributed by atoms with Crippen molar-refractivity contribution in [3.8, 4) is 5.75 Å². The number of hydrogen-bond acceptors (Lipinski definition) is 4. The van der Waals surface area contributed by atoms with E-state index in [0.29, 0.717) is 29.1 Å². The molecular weight excluding hydrogens is 332 g/mol. The number of H-pyrrole nitrogens is 1. The van der Waals surface area contributed by atoms with Gasteiger partial charge in [-0.3, -0.25) is 4.79 Å². The summed E-state index contributed by atoms with van der Waals surface area (Å²) < 4.78 is 10.6. The highest BCUT2D eigenvalue weighted by molar-refractivity contribution is 6.00. The fourth-order valence-corrected chi connectivity index (χ4v) is 2.88. The van der Waals surface area contributed by atoms with Gasteiger partial charge in [0.1, 0.15) is 11.4 Å². The molecule has 1 aromatic heterocycles. The summed E-state index contributed by atoms with van der Waals surface area (Å²) in [6, 6.07) is 7.41. The Morgan fingerprint density at radius 1 is 1.19 bits per heavy atom. The van der Waals surface area contributed by atoms with Crippen molar-refractivity contribution in [2.24, 2.45) is 0 Å². The van der Waals surface area contributed by atoms with Gasteiger partial charge in [0.15, 0.2) is 0 Å². The summed E-state index contributed by atoms with van der Waals surface area (Å²) in [5.74, 6) is 0.0771. The molecule has 0 fully saturated rings. The van der Waals surface area contributed by atoms with E-state index in [1.54, 1.807) is 20.8 Å². The van der Waals surface area contributed by atoms with Crippen molar-refractivity contribution in [2.45, 2.75) is 40.7 Å². The number of aromatic nitrogens is 1. The molecule has 1 atom stereocenters. The predicted octanol–water partition coefficient (Wildman–Crippen LogP) is 3.70. The van der Waals surface area contributed by atoms with E-state index >= 15 is 0 Å². The molecule has 1 unspecified atom stereocenters. The van der Waals surface area contributed by atoms with E-state index in [1.165, 1.54) is 0 Å². The molecule has 6 nitrogen and oxygen atoms in total. The number of ether oxygens (including phenoxy) is 2. The number of aryl methyl sites for hydroxylation is 1. The summed E-state index contributed by atoms with van der Waals surface area (Å²) in [6.07, 6.45) is 0. The van der Waals surface area contributed by atoms with Crippen molar-refractivity contribution in [3.63, 3.8) is 0 Å². The number of carbonyl (C=O) groups excluding carboxylic acids is 2. The standard InChI is InChI=1S/C20H26N2O4/c1-6-25-16-10-8-9-15(11-16)13(4)22-19(23)18-12(3)17(14(5)21-18)20(24)26-7-2/h8-11,13,21H,6-7H2,1-5H3,(H,22,23). The van der Waals surface area contributed by atoms with Gasteiger partial charge in [-0.05, 0) is 57.9 Å². The van der Waals surface area contributed by atoms with E-state index in [-0.39, 0.29) is 18.6 Å². The SMILES string of the molecule is CCOC(=O)c1c(C)[nH]c(C(=O)NC(C)c2cccc(OCC)c2)c1C. The normalized spacial score (nSPS) is 11.7. The maximum atomic E-state index is 12.7. The monoisotopic (exact) mass is 358 g/mol. The van der Waals surface area contributed by atoms with Crippen LogP contribution >= 0.6 is 0 Å². The number of esters is 1.